The van der Waals surface area contributed by atoms with Gasteiger partial charge in [-0.2, -0.15) is 0 Å². The van der Waals surface area contributed by atoms with Crippen LogP contribution in [0.5, 0.6) is 0 Å². The first-order valence-electron chi connectivity index (χ1n) is 6.39. The average molecular weight is 296 g/mol. The molecule has 7 heteroatoms. The summed E-state index contributed by atoms with van der Waals surface area (Å²) in [5.41, 5.74) is 0.967. The van der Waals surface area contributed by atoms with E-state index in [9.17, 15) is 9.36 Å². The quantitative estimate of drug-likeness (QED) is 0.788. The normalized spacial score (nSPS) is 11.9. The van der Waals surface area contributed by atoms with Crippen molar-refractivity contribution < 1.29 is 13.6 Å². The Morgan fingerprint density at radius 2 is 1.90 bits per heavy atom. The van der Waals surface area contributed by atoms with Crippen molar-refractivity contribution in [1.29, 1.82) is 0 Å². The lowest BCUT2D eigenvalue weighted by atomic mass is 10.3. The predicted octanol–water partition coefficient (Wildman–Crippen LogP) is 1.89. The second-order valence-corrected chi connectivity index (χ2v) is 6.21. The number of nitrogens with zero attached hydrogens (tertiary/aromatic N) is 2. The lowest BCUT2D eigenvalue weighted by Crippen LogP contribution is -2.33. The largest absolute Gasteiger partial charge is 0.368 e. The van der Waals surface area contributed by atoms with Crippen LogP contribution in [-0.2, 0) is 13.6 Å². The van der Waals surface area contributed by atoms with Crippen LogP contribution in [0.15, 0.2) is 29.3 Å². The van der Waals surface area contributed by atoms with Crippen LogP contribution in [-0.4, -0.2) is 22.6 Å². The summed E-state index contributed by atoms with van der Waals surface area (Å²) >= 11 is 0. The maximum atomic E-state index is 12.7. The number of hydrogen-bond acceptors (Lipinski definition) is 5. The van der Waals surface area contributed by atoms with Gasteiger partial charge in [0.05, 0.1) is 19.4 Å². The Balaban J connectivity index is 2.68. The molecule has 0 N–H and O–H groups in total. The van der Waals surface area contributed by atoms with E-state index in [1.165, 1.54) is 10.6 Å². The highest BCUT2D eigenvalue weighted by Crippen LogP contribution is 2.45. The zero-order valence-corrected chi connectivity index (χ0v) is 12.6. The average Bonchev–Trinajstić information content (AvgIpc) is 2.40. The smallest absolute Gasteiger partial charge is 0.305 e. The SMILES string of the molecule is CCOP(=O)(OCC)c1cnc2ccc(C)cn2c1=O. The van der Waals surface area contributed by atoms with Gasteiger partial charge in [-0.1, -0.05) is 6.07 Å². The molecule has 2 aromatic rings. The van der Waals surface area contributed by atoms with Gasteiger partial charge < -0.3 is 9.05 Å². The van der Waals surface area contributed by atoms with E-state index in [1.54, 1.807) is 26.1 Å². The van der Waals surface area contributed by atoms with E-state index in [0.29, 0.717) is 5.65 Å². The van der Waals surface area contributed by atoms with Gasteiger partial charge in [0.2, 0.25) is 0 Å². The molecule has 0 spiro atoms. The fourth-order valence-electron chi connectivity index (χ4n) is 1.88. The number of rotatable bonds is 5. The van der Waals surface area contributed by atoms with Gasteiger partial charge >= 0.3 is 7.60 Å². The van der Waals surface area contributed by atoms with Crippen molar-refractivity contribution >= 4 is 18.5 Å². The minimum atomic E-state index is -3.62. The van der Waals surface area contributed by atoms with Gasteiger partial charge in [-0.05, 0) is 32.4 Å². The van der Waals surface area contributed by atoms with Crippen LogP contribution in [0, 0.1) is 6.92 Å². The maximum absolute atomic E-state index is 12.7. The molecule has 0 saturated heterocycles. The molecule has 0 amide bonds. The predicted molar refractivity (Wildman–Crippen MR) is 76.7 cm³/mol. The molecule has 0 aliphatic heterocycles. The van der Waals surface area contributed by atoms with Crippen molar-refractivity contribution in [2.75, 3.05) is 13.2 Å². The number of aryl methyl sites for hydroxylation is 1. The summed E-state index contributed by atoms with van der Waals surface area (Å²) < 4.78 is 24.4. The summed E-state index contributed by atoms with van der Waals surface area (Å²) in [5.74, 6) is 0. The van der Waals surface area contributed by atoms with E-state index in [0.717, 1.165) is 5.56 Å². The number of aromatic nitrogens is 2. The summed E-state index contributed by atoms with van der Waals surface area (Å²) in [5, 5.41) is -0.0377. The first-order valence-corrected chi connectivity index (χ1v) is 7.93. The minimum absolute atomic E-state index is 0.0377. The summed E-state index contributed by atoms with van der Waals surface area (Å²) in [6, 6.07) is 3.58. The Morgan fingerprint density at radius 1 is 1.25 bits per heavy atom. The molecule has 2 heterocycles. The first-order chi connectivity index (χ1) is 9.51. The molecular formula is C13H17N2O4P. The molecule has 0 atom stereocenters. The summed E-state index contributed by atoms with van der Waals surface area (Å²) in [4.78, 5) is 16.6. The lowest BCUT2D eigenvalue weighted by molar-refractivity contribution is 0.229. The van der Waals surface area contributed by atoms with Crippen LogP contribution in [0.25, 0.3) is 5.65 Å². The molecule has 0 unspecified atom stereocenters. The molecule has 0 fully saturated rings. The Hall–Kier alpha value is -1.49. The van der Waals surface area contributed by atoms with Gasteiger partial charge in [0, 0.05) is 6.20 Å². The van der Waals surface area contributed by atoms with Crippen LogP contribution >= 0.6 is 7.60 Å². The maximum Gasteiger partial charge on any atom is 0.368 e. The highest BCUT2D eigenvalue weighted by Gasteiger charge is 2.31. The van der Waals surface area contributed by atoms with Gasteiger partial charge in [-0.15, -0.1) is 0 Å². The Kier molecular flexibility index (Phi) is 4.38. The molecule has 0 aliphatic rings. The van der Waals surface area contributed by atoms with Gasteiger partial charge in [-0.25, -0.2) is 4.98 Å². The van der Waals surface area contributed by atoms with Crippen molar-refractivity contribution in [1.82, 2.24) is 9.38 Å². The number of pyridine rings is 1. The fraction of sp³-hybridized carbons (Fsp3) is 0.385. The van der Waals surface area contributed by atoms with E-state index < -0.39 is 13.2 Å². The van der Waals surface area contributed by atoms with Gasteiger partial charge in [0.15, 0.2) is 0 Å². The van der Waals surface area contributed by atoms with E-state index in [1.807, 2.05) is 13.0 Å². The van der Waals surface area contributed by atoms with E-state index in [4.69, 9.17) is 9.05 Å². The molecule has 2 rings (SSSR count). The summed E-state index contributed by atoms with van der Waals surface area (Å²) in [6.07, 6.45) is 2.93. The molecule has 6 nitrogen and oxygen atoms in total. The summed E-state index contributed by atoms with van der Waals surface area (Å²) in [6.45, 7) is 5.63. The van der Waals surface area contributed by atoms with Crippen LogP contribution < -0.4 is 10.9 Å². The van der Waals surface area contributed by atoms with Crippen molar-refractivity contribution in [3.8, 4) is 0 Å². The Morgan fingerprint density at radius 3 is 2.50 bits per heavy atom. The zero-order valence-electron chi connectivity index (χ0n) is 11.7. The molecule has 0 saturated carbocycles. The van der Waals surface area contributed by atoms with Crippen molar-refractivity contribution in [2.45, 2.75) is 20.8 Å². The number of hydrogen-bond donors (Lipinski definition) is 0. The topological polar surface area (TPSA) is 69.9 Å². The van der Waals surface area contributed by atoms with Crippen LogP contribution in [0.1, 0.15) is 19.4 Å². The molecule has 108 valence electrons. The van der Waals surface area contributed by atoms with Crippen LogP contribution in [0.4, 0.5) is 0 Å². The van der Waals surface area contributed by atoms with Crippen molar-refractivity contribution in [2.24, 2.45) is 0 Å². The lowest BCUT2D eigenvalue weighted by Gasteiger charge is -2.16. The fourth-order valence-corrected chi connectivity index (χ4v) is 3.45. The molecule has 0 aliphatic carbocycles. The highest BCUT2D eigenvalue weighted by molar-refractivity contribution is 7.62. The molecule has 0 bridgehead atoms. The van der Waals surface area contributed by atoms with Crippen molar-refractivity contribution in [3.05, 3.63) is 40.4 Å². The van der Waals surface area contributed by atoms with E-state index in [2.05, 4.69) is 4.98 Å². The van der Waals surface area contributed by atoms with E-state index in [-0.39, 0.29) is 18.5 Å². The molecule has 0 radical (unpaired) electrons. The third-order valence-corrected chi connectivity index (χ3v) is 4.82. The highest BCUT2D eigenvalue weighted by atomic mass is 31.2. The summed E-state index contributed by atoms with van der Waals surface area (Å²) in [7, 11) is -3.62. The monoisotopic (exact) mass is 296 g/mol. The second kappa shape index (κ2) is 5.87. The van der Waals surface area contributed by atoms with Gasteiger partial charge in [0.25, 0.3) is 5.56 Å². The van der Waals surface area contributed by atoms with Gasteiger partial charge in [0.1, 0.15) is 11.0 Å². The van der Waals surface area contributed by atoms with Crippen LogP contribution in [0.2, 0.25) is 0 Å². The first kappa shape index (κ1) is 14.9. The third kappa shape index (κ3) is 2.68. The zero-order chi connectivity index (χ0) is 14.8. The third-order valence-electron chi connectivity index (χ3n) is 2.73. The minimum Gasteiger partial charge on any atom is -0.305 e. The molecule has 20 heavy (non-hydrogen) atoms. The Bertz CT molecular complexity index is 716. The second-order valence-electron chi connectivity index (χ2n) is 4.22. The molecular weight excluding hydrogens is 279 g/mol. The van der Waals surface area contributed by atoms with Crippen molar-refractivity contribution in [3.63, 3.8) is 0 Å². The van der Waals surface area contributed by atoms with Crippen LogP contribution in [0.3, 0.4) is 0 Å². The standard InChI is InChI=1S/C13H17N2O4P/c1-4-18-20(17,19-5-2)11-8-14-12-7-6-10(3)9-15(12)13(11)16/h6-9H,4-5H2,1-3H3. The molecule has 2 aromatic heterocycles. The number of fused-ring (bicyclic) bond motifs is 1. The Labute approximate surface area is 116 Å². The van der Waals surface area contributed by atoms with E-state index >= 15 is 0 Å². The molecule has 0 aromatic carbocycles. The van der Waals surface area contributed by atoms with Gasteiger partial charge in [-0.3, -0.25) is 13.8 Å².